The molecule has 0 spiro atoms. The number of nitrogens with one attached hydrogen (secondary N) is 1. The molecule has 1 aromatic carbocycles. The second-order valence-electron chi connectivity index (χ2n) is 4.15. The number of carbonyl (C=O) groups is 1. The van der Waals surface area contributed by atoms with Gasteiger partial charge in [0.25, 0.3) is 5.69 Å². The van der Waals surface area contributed by atoms with Gasteiger partial charge in [-0.15, -0.1) is 0 Å². The Morgan fingerprint density at radius 1 is 1.14 bits per heavy atom. The van der Waals surface area contributed by atoms with E-state index in [9.17, 15) is 10.0 Å². The molecule has 0 unspecified atom stereocenters. The first kappa shape index (κ1) is 13.2. The predicted molar refractivity (Wildman–Crippen MR) is 78.7 cm³/mol. The molecule has 0 radical (unpaired) electrons. The van der Waals surface area contributed by atoms with Gasteiger partial charge in [-0.3, -0.25) is 10.1 Å². The summed E-state index contributed by atoms with van der Waals surface area (Å²) >= 11 is 1.07. The van der Waals surface area contributed by atoms with Gasteiger partial charge in [-0.2, -0.15) is 14.1 Å². The maximum absolute atomic E-state index is 12.0. The summed E-state index contributed by atoms with van der Waals surface area (Å²) < 4.78 is 4.69. The van der Waals surface area contributed by atoms with Crippen LogP contribution in [0.3, 0.4) is 0 Å². The Balaban J connectivity index is 1.79. The lowest BCUT2D eigenvalue weighted by atomic mass is 10.2. The van der Waals surface area contributed by atoms with Gasteiger partial charge in [0.1, 0.15) is 0 Å². The van der Waals surface area contributed by atoms with Crippen molar-refractivity contribution in [3.63, 3.8) is 0 Å². The van der Waals surface area contributed by atoms with Crippen LogP contribution in [-0.4, -0.2) is 15.3 Å². The number of benzene rings is 1. The Kier molecular flexibility index (Phi) is 3.57. The number of hydrogen-bond donors (Lipinski definition) is 1. The summed E-state index contributed by atoms with van der Waals surface area (Å²) in [6.07, 6.45) is 1.27. The Hall–Kier alpha value is -2.80. The lowest BCUT2D eigenvalue weighted by Gasteiger charge is -2.02. The average molecular weight is 298 g/mol. The van der Waals surface area contributed by atoms with Gasteiger partial charge in [-0.05, 0) is 6.07 Å². The third kappa shape index (κ3) is 2.87. The first-order valence-corrected chi connectivity index (χ1v) is 6.90. The average Bonchev–Trinajstić information content (AvgIpc) is 2.97. The smallest absolute Gasteiger partial charge is 0.323 e. The number of pyridine rings is 1. The van der Waals surface area contributed by atoms with Crippen LogP contribution >= 0.6 is 11.5 Å². The number of rotatable bonds is 3. The van der Waals surface area contributed by atoms with E-state index in [1.807, 2.05) is 30.3 Å². The van der Waals surface area contributed by atoms with Gasteiger partial charge >= 0.3 is 5.91 Å². The van der Waals surface area contributed by atoms with Gasteiger partial charge < -0.3 is 5.21 Å². The summed E-state index contributed by atoms with van der Waals surface area (Å²) in [5.74, 6) is 0.0281. The Labute approximate surface area is 124 Å². The molecule has 3 aromatic rings. The molecule has 6 nitrogen and oxygen atoms in total. The van der Waals surface area contributed by atoms with Gasteiger partial charge in [0.2, 0.25) is 5.13 Å². The Bertz CT molecular complexity index is 773. The standard InChI is InChI=1S/C14H10N4O2S/c19-13(11-8-4-5-9-18(11)20)16-14-15-12(17-21-14)10-6-2-1-3-7-10/h1-9H,(H,15,16,17,19). The third-order valence-electron chi connectivity index (χ3n) is 2.74. The zero-order valence-electron chi connectivity index (χ0n) is 10.8. The van der Waals surface area contributed by atoms with Gasteiger partial charge in [0.15, 0.2) is 12.0 Å². The Morgan fingerprint density at radius 2 is 1.90 bits per heavy atom. The fourth-order valence-electron chi connectivity index (χ4n) is 1.74. The van der Waals surface area contributed by atoms with Gasteiger partial charge in [-0.25, -0.2) is 0 Å². The number of nitrogens with zero attached hydrogens (tertiary/aromatic N) is 3. The lowest BCUT2D eigenvalue weighted by molar-refractivity contribution is -0.607. The van der Waals surface area contributed by atoms with E-state index in [4.69, 9.17) is 0 Å². The van der Waals surface area contributed by atoms with E-state index in [0.717, 1.165) is 17.1 Å². The topological polar surface area (TPSA) is 81.8 Å². The molecule has 3 rings (SSSR count). The summed E-state index contributed by atoms with van der Waals surface area (Å²) in [6, 6.07) is 14.1. The first-order valence-electron chi connectivity index (χ1n) is 6.13. The largest absolute Gasteiger partial charge is 0.618 e. The van der Waals surface area contributed by atoms with E-state index >= 15 is 0 Å². The third-order valence-corrected chi connectivity index (χ3v) is 3.37. The summed E-state index contributed by atoms with van der Waals surface area (Å²) in [6.45, 7) is 0. The highest BCUT2D eigenvalue weighted by atomic mass is 32.1. The number of aromatic nitrogens is 3. The van der Waals surface area contributed by atoms with Crippen LogP contribution in [0.5, 0.6) is 0 Å². The normalized spacial score (nSPS) is 10.3. The second-order valence-corrected chi connectivity index (χ2v) is 4.91. The first-order chi connectivity index (χ1) is 10.2. The summed E-state index contributed by atoms with van der Waals surface area (Å²) in [4.78, 5) is 16.2. The monoisotopic (exact) mass is 298 g/mol. The molecule has 0 aliphatic carbocycles. The summed E-state index contributed by atoms with van der Waals surface area (Å²) in [5.41, 5.74) is 0.877. The van der Waals surface area contributed by atoms with Crippen molar-refractivity contribution >= 4 is 22.6 Å². The maximum atomic E-state index is 12.0. The SMILES string of the molecule is O=C(Nc1nc(-c2ccccc2)ns1)c1cccc[n+]1[O-]. The van der Waals surface area contributed by atoms with E-state index in [1.54, 1.807) is 12.1 Å². The molecule has 0 fully saturated rings. The predicted octanol–water partition coefficient (Wildman–Crippen LogP) is 2.09. The van der Waals surface area contributed by atoms with Crippen molar-refractivity contribution in [1.82, 2.24) is 9.36 Å². The van der Waals surface area contributed by atoms with Crippen molar-refractivity contribution in [1.29, 1.82) is 0 Å². The van der Waals surface area contributed by atoms with E-state index < -0.39 is 5.91 Å². The zero-order valence-corrected chi connectivity index (χ0v) is 11.6. The molecule has 104 valence electrons. The van der Waals surface area contributed by atoms with Crippen molar-refractivity contribution in [3.8, 4) is 11.4 Å². The van der Waals surface area contributed by atoms with Crippen molar-refractivity contribution in [3.05, 3.63) is 65.6 Å². The molecule has 0 aliphatic rings. The van der Waals surface area contributed by atoms with Gasteiger partial charge in [0, 0.05) is 29.2 Å². The fraction of sp³-hybridized carbons (Fsp3) is 0. The fourth-order valence-corrected chi connectivity index (χ4v) is 2.33. The van der Waals surface area contributed by atoms with E-state index in [0.29, 0.717) is 15.7 Å². The molecular weight excluding hydrogens is 288 g/mol. The quantitative estimate of drug-likeness (QED) is 0.593. The van der Waals surface area contributed by atoms with Crippen LogP contribution in [0.1, 0.15) is 10.5 Å². The minimum absolute atomic E-state index is 0.00830. The van der Waals surface area contributed by atoms with Crippen LogP contribution in [-0.2, 0) is 0 Å². The van der Waals surface area contributed by atoms with E-state index in [1.165, 1.54) is 12.3 Å². The van der Waals surface area contributed by atoms with E-state index in [-0.39, 0.29) is 5.69 Å². The van der Waals surface area contributed by atoms with E-state index in [2.05, 4.69) is 14.7 Å². The molecule has 0 bridgehead atoms. The van der Waals surface area contributed by atoms with Crippen LogP contribution in [0.15, 0.2) is 54.7 Å². The molecule has 21 heavy (non-hydrogen) atoms. The number of amides is 1. The van der Waals surface area contributed by atoms with Crippen molar-refractivity contribution in [2.45, 2.75) is 0 Å². The number of anilines is 1. The molecular formula is C14H10N4O2S. The van der Waals surface area contributed by atoms with Crippen molar-refractivity contribution < 1.29 is 9.52 Å². The van der Waals surface area contributed by atoms with Gasteiger partial charge in [0.05, 0.1) is 0 Å². The number of hydrogen-bond acceptors (Lipinski definition) is 5. The highest BCUT2D eigenvalue weighted by Gasteiger charge is 2.17. The molecule has 2 heterocycles. The van der Waals surface area contributed by atoms with Crippen LogP contribution in [0, 0.1) is 5.21 Å². The Morgan fingerprint density at radius 3 is 2.67 bits per heavy atom. The number of carbonyl (C=O) groups excluding carboxylic acids is 1. The summed E-state index contributed by atoms with van der Waals surface area (Å²) in [5, 5.41) is 14.4. The molecule has 0 saturated heterocycles. The van der Waals surface area contributed by atoms with Gasteiger partial charge in [-0.1, -0.05) is 30.3 Å². The van der Waals surface area contributed by atoms with Crippen molar-refractivity contribution in [2.75, 3.05) is 5.32 Å². The highest BCUT2D eigenvalue weighted by molar-refractivity contribution is 7.10. The van der Waals surface area contributed by atoms with Crippen LogP contribution < -0.4 is 10.0 Å². The molecule has 1 amide bonds. The molecule has 0 atom stereocenters. The molecule has 7 heteroatoms. The zero-order chi connectivity index (χ0) is 14.7. The minimum atomic E-state index is -0.513. The molecule has 0 saturated carbocycles. The minimum Gasteiger partial charge on any atom is -0.618 e. The highest BCUT2D eigenvalue weighted by Crippen LogP contribution is 2.20. The second kappa shape index (κ2) is 5.68. The maximum Gasteiger partial charge on any atom is 0.323 e. The van der Waals surface area contributed by atoms with Crippen LogP contribution in [0.4, 0.5) is 5.13 Å². The van der Waals surface area contributed by atoms with Crippen LogP contribution in [0.25, 0.3) is 11.4 Å². The van der Waals surface area contributed by atoms with Crippen molar-refractivity contribution in [2.24, 2.45) is 0 Å². The summed E-state index contributed by atoms with van der Waals surface area (Å²) in [7, 11) is 0. The molecule has 2 aromatic heterocycles. The molecule has 1 N–H and O–H groups in total. The molecule has 0 aliphatic heterocycles. The van der Waals surface area contributed by atoms with Crippen LogP contribution in [0.2, 0.25) is 0 Å². The lowest BCUT2D eigenvalue weighted by Crippen LogP contribution is -2.36.